The molecule has 1 aromatic carbocycles. The Bertz CT molecular complexity index is 812. The highest BCUT2D eigenvalue weighted by Crippen LogP contribution is 2.31. The Hall–Kier alpha value is -2.58. The number of hydrogen-bond acceptors (Lipinski definition) is 5. The summed E-state index contributed by atoms with van der Waals surface area (Å²) in [5.74, 6) is 1.56. The van der Waals surface area contributed by atoms with Gasteiger partial charge in [-0.05, 0) is 36.8 Å². The van der Waals surface area contributed by atoms with Gasteiger partial charge in [0, 0.05) is 22.7 Å². The minimum Gasteiger partial charge on any atom is -0.497 e. The molecule has 0 aliphatic carbocycles. The summed E-state index contributed by atoms with van der Waals surface area (Å²) in [6, 6.07) is 7.91. The lowest BCUT2D eigenvalue weighted by atomic mass is 10.1. The molecule has 5 heteroatoms. The molecule has 22 heavy (non-hydrogen) atoms. The van der Waals surface area contributed by atoms with Crippen molar-refractivity contribution in [2.24, 2.45) is 0 Å². The number of methoxy groups -OCH3 is 1. The smallest absolute Gasteiger partial charge is 0.134 e. The molecule has 0 unspecified atom stereocenters. The van der Waals surface area contributed by atoms with E-state index in [-0.39, 0.29) is 0 Å². The largest absolute Gasteiger partial charge is 0.497 e. The normalized spacial score (nSPS) is 13.7. The van der Waals surface area contributed by atoms with Gasteiger partial charge in [0.15, 0.2) is 0 Å². The monoisotopic (exact) mass is 310 g/mol. The van der Waals surface area contributed by atoms with Crippen molar-refractivity contribution in [2.45, 2.75) is 6.92 Å². The molecule has 0 N–H and O–H groups in total. The van der Waals surface area contributed by atoms with Gasteiger partial charge in [-0.3, -0.25) is 0 Å². The van der Waals surface area contributed by atoms with Gasteiger partial charge in [-0.1, -0.05) is 0 Å². The standard InChI is InChI=1S/C17H14N2O2S/c1-11-10-22-17(19-11)14(8-18)6-12-5-13-3-4-15(20-2)7-16(13)21-9-12/h3-7,10H,9H2,1-2H3. The van der Waals surface area contributed by atoms with Crippen LogP contribution in [-0.2, 0) is 0 Å². The number of fused-ring (bicyclic) bond motifs is 1. The van der Waals surface area contributed by atoms with E-state index in [2.05, 4.69) is 11.1 Å². The highest BCUT2D eigenvalue weighted by atomic mass is 32.1. The number of nitriles is 1. The zero-order chi connectivity index (χ0) is 15.5. The van der Waals surface area contributed by atoms with Crippen molar-refractivity contribution in [1.29, 1.82) is 5.26 Å². The zero-order valence-corrected chi connectivity index (χ0v) is 13.1. The number of aromatic nitrogens is 1. The first-order valence-electron chi connectivity index (χ1n) is 6.75. The third-order valence-corrected chi connectivity index (χ3v) is 4.25. The van der Waals surface area contributed by atoms with E-state index in [9.17, 15) is 5.26 Å². The van der Waals surface area contributed by atoms with E-state index in [0.717, 1.165) is 33.3 Å². The van der Waals surface area contributed by atoms with Gasteiger partial charge in [-0.15, -0.1) is 11.3 Å². The molecular weight excluding hydrogens is 296 g/mol. The van der Waals surface area contributed by atoms with Gasteiger partial charge in [0.1, 0.15) is 29.2 Å². The summed E-state index contributed by atoms with van der Waals surface area (Å²) in [4.78, 5) is 4.36. The summed E-state index contributed by atoms with van der Waals surface area (Å²) in [5, 5.41) is 12.0. The van der Waals surface area contributed by atoms with Crippen molar-refractivity contribution in [3.8, 4) is 17.6 Å². The Kier molecular flexibility index (Phi) is 3.94. The maximum absolute atomic E-state index is 9.35. The third kappa shape index (κ3) is 2.87. The lowest BCUT2D eigenvalue weighted by molar-refractivity contribution is 0.346. The number of hydrogen-bond donors (Lipinski definition) is 0. The predicted octanol–water partition coefficient (Wildman–Crippen LogP) is 3.84. The van der Waals surface area contributed by atoms with Crippen molar-refractivity contribution in [2.75, 3.05) is 13.7 Å². The molecule has 0 amide bonds. The van der Waals surface area contributed by atoms with Gasteiger partial charge in [-0.25, -0.2) is 4.98 Å². The van der Waals surface area contributed by atoms with Gasteiger partial charge < -0.3 is 9.47 Å². The van der Waals surface area contributed by atoms with Gasteiger partial charge in [-0.2, -0.15) is 5.26 Å². The molecular formula is C17H14N2O2S. The van der Waals surface area contributed by atoms with Gasteiger partial charge >= 0.3 is 0 Å². The van der Waals surface area contributed by atoms with Crippen LogP contribution in [0.15, 0.2) is 35.2 Å². The summed E-state index contributed by atoms with van der Waals surface area (Å²) < 4.78 is 10.9. The summed E-state index contributed by atoms with van der Waals surface area (Å²) in [7, 11) is 1.63. The number of nitrogens with zero attached hydrogens (tertiary/aromatic N) is 2. The molecule has 0 fully saturated rings. The molecule has 110 valence electrons. The van der Waals surface area contributed by atoms with Crippen molar-refractivity contribution >= 4 is 23.0 Å². The minimum atomic E-state index is 0.426. The highest BCUT2D eigenvalue weighted by molar-refractivity contribution is 7.10. The molecule has 2 heterocycles. The molecule has 3 rings (SSSR count). The Labute approximate surface area is 133 Å². The lowest BCUT2D eigenvalue weighted by Crippen LogP contribution is -2.06. The average Bonchev–Trinajstić information content (AvgIpc) is 2.98. The van der Waals surface area contributed by atoms with E-state index in [0.29, 0.717) is 12.2 Å². The number of rotatable bonds is 3. The van der Waals surface area contributed by atoms with Crippen molar-refractivity contribution < 1.29 is 9.47 Å². The highest BCUT2D eigenvalue weighted by Gasteiger charge is 2.13. The molecule has 4 nitrogen and oxygen atoms in total. The molecule has 1 aliphatic heterocycles. The van der Waals surface area contributed by atoms with Gasteiger partial charge in [0.2, 0.25) is 0 Å². The second-order valence-electron chi connectivity index (χ2n) is 4.88. The van der Waals surface area contributed by atoms with Crippen LogP contribution in [-0.4, -0.2) is 18.7 Å². The Morgan fingerprint density at radius 1 is 1.50 bits per heavy atom. The van der Waals surface area contributed by atoms with E-state index in [4.69, 9.17) is 9.47 Å². The maximum atomic E-state index is 9.35. The first-order valence-corrected chi connectivity index (χ1v) is 7.63. The van der Waals surface area contributed by atoms with Gasteiger partial charge in [0.05, 0.1) is 12.7 Å². The van der Waals surface area contributed by atoms with Gasteiger partial charge in [0.25, 0.3) is 0 Å². The number of aryl methyl sites for hydroxylation is 1. The number of thiazole rings is 1. The zero-order valence-electron chi connectivity index (χ0n) is 12.3. The van der Waals surface area contributed by atoms with Crippen LogP contribution < -0.4 is 9.47 Å². The summed E-state index contributed by atoms with van der Waals surface area (Å²) in [6.45, 7) is 2.34. The van der Waals surface area contributed by atoms with Crippen LogP contribution in [0.25, 0.3) is 11.6 Å². The third-order valence-electron chi connectivity index (χ3n) is 3.26. The van der Waals surface area contributed by atoms with Crippen molar-refractivity contribution in [1.82, 2.24) is 4.98 Å². The second kappa shape index (κ2) is 6.04. The maximum Gasteiger partial charge on any atom is 0.134 e. The van der Waals surface area contributed by atoms with E-state index >= 15 is 0 Å². The van der Waals surface area contributed by atoms with E-state index < -0.39 is 0 Å². The fourth-order valence-corrected chi connectivity index (χ4v) is 2.94. The molecule has 0 saturated carbocycles. The molecule has 1 aliphatic rings. The number of allylic oxidation sites excluding steroid dienone is 1. The lowest BCUT2D eigenvalue weighted by Gasteiger charge is -2.17. The molecule has 1 aromatic heterocycles. The predicted molar refractivity (Wildman–Crippen MR) is 86.9 cm³/mol. The van der Waals surface area contributed by atoms with Crippen LogP contribution in [0.4, 0.5) is 0 Å². The molecule has 0 saturated heterocycles. The Morgan fingerprint density at radius 3 is 3.05 bits per heavy atom. The molecule has 0 spiro atoms. The first kappa shape index (κ1) is 14.4. The minimum absolute atomic E-state index is 0.426. The average molecular weight is 310 g/mol. The first-order chi connectivity index (χ1) is 10.7. The van der Waals surface area contributed by atoms with Crippen molar-refractivity contribution in [3.05, 3.63) is 51.5 Å². The van der Waals surface area contributed by atoms with Crippen LogP contribution in [0.3, 0.4) is 0 Å². The number of benzene rings is 1. The number of ether oxygens (including phenoxy) is 2. The molecule has 0 radical (unpaired) electrons. The quantitative estimate of drug-likeness (QED) is 0.808. The van der Waals surface area contributed by atoms with Crippen LogP contribution in [0.5, 0.6) is 11.5 Å². The Balaban J connectivity index is 1.93. The van der Waals surface area contributed by atoms with Crippen molar-refractivity contribution in [3.63, 3.8) is 0 Å². The van der Waals surface area contributed by atoms with E-state index in [1.807, 2.05) is 42.7 Å². The second-order valence-corrected chi connectivity index (χ2v) is 5.73. The summed E-state index contributed by atoms with van der Waals surface area (Å²) >= 11 is 1.47. The van der Waals surface area contributed by atoms with Crippen LogP contribution in [0.1, 0.15) is 16.3 Å². The van der Waals surface area contributed by atoms with Crippen LogP contribution in [0, 0.1) is 18.3 Å². The topological polar surface area (TPSA) is 55.1 Å². The molecule has 2 aromatic rings. The van der Waals surface area contributed by atoms with E-state index in [1.54, 1.807) is 7.11 Å². The summed E-state index contributed by atoms with van der Waals surface area (Å²) in [6.07, 6.45) is 3.86. The van der Waals surface area contributed by atoms with Crippen LogP contribution >= 0.6 is 11.3 Å². The van der Waals surface area contributed by atoms with E-state index in [1.165, 1.54) is 11.3 Å². The fourth-order valence-electron chi connectivity index (χ4n) is 2.18. The van der Waals surface area contributed by atoms with Crippen LogP contribution in [0.2, 0.25) is 0 Å². The molecule has 0 bridgehead atoms. The SMILES string of the molecule is COc1ccc2c(c1)OCC(C=C(C#N)c1nc(C)cs1)=C2. The summed E-state index contributed by atoms with van der Waals surface area (Å²) in [5.41, 5.74) is 3.41. The Morgan fingerprint density at radius 2 is 2.36 bits per heavy atom. The molecule has 0 atom stereocenters. The fraction of sp³-hybridized carbons (Fsp3) is 0.176.